The number of para-hydroxylation sites is 1. The molecule has 0 heterocycles. The fourth-order valence-corrected chi connectivity index (χ4v) is 0.991. The highest BCUT2D eigenvalue weighted by Gasteiger charge is 2.14. The Morgan fingerprint density at radius 3 is 2.56 bits per heavy atom. The Bertz CT molecular complexity index is 395. The highest BCUT2D eigenvalue weighted by molar-refractivity contribution is 6.39. The molecule has 0 aliphatic rings. The van der Waals surface area contributed by atoms with E-state index in [0.29, 0.717) is 0 Å². The fourth-order valence-electron chi connectivity index (χ4n) is 0.991. The van der Waals surface area contributed by atoms with E-state index in [1.54, 1.807) is 0 Å². The minimum Gasteiger partial charge on any atom is -0.395 e. The van der Waals surface area contributed by atoms with Crippen molar-refractivity contribution in [1.82, 2.24) is 5.32 Å². The third-order valence-corrected chi connectivity index (χ3v) is 1.73. The van der Waals surface area contributed by atoms with Gasteiger partial charge in [0.2, 0.25) is 0 Å². The lowest BCUT2D eigenvalue weighted by Gasteiger charge is -2.05. The van der Waals surface area contributed by atoms with Crippen LogP contribution < -0.4 is 10.6 Å². The molecule has 1 aromatic carbocycles. The summed E-state index contributed by atoms with van der Waals surface area (Å²) in [4.78, 5) is 22.3. The van der Waals surface area contributed by atoms with E-state index in [2.05, 4.69) is 10.6 Å². The summed E-state index contributed by atoms with van der Waals surface area (Å²) in [5.41, 5.74) is -0.0633. The van der Waals surface area contributed by atoms with Gasteiger partial charge in [-0.1, -0.05) is 12.1 Å². The molecule has 0 saturated carbocycles. The molecule has 2 amide bonds. The van der Waals surface area contributed by atoms with Crippen LogP contribution in [0.2, 0.25) is 0 Å². The van der Waals surface area contributed by atoms with E-state index in [-0.39, 0.29) is 18.8 Å². The Hall–Kier alpha value is -1.95. The third-order valence-electron chi connectivity index (χ3n) is 1.73. The Morgan fingerprint density at radius 1 is 1.25 bits per heavy atom. The van der Waals surface area contributed by atoms with Gasteiger partial charge in [-0.2, -0.15) is 0 Å². The first-order valence-corrected chi connectivity index (χ1v) is 4.59. The molecule has 0 spiro atoms. The normalized spacial score (nSPS) is 9.62. The molecule has 0 fully saturated rings. The summed E-state index contributed by atoms with van der Waals surface area (Å²) in [6, 6.07) is 5.51. The van der Waals surface area contributed by atoms with E-state index >= 15 is 0 Å². The van der Waals surface area contributed by atoms with Crippen LogP contribution in [0.15, 0.2) is 24.3 Å². The summed E-state index contributed by atoms with van der Waals surface area (Å²) in [7, 11) is 0. The smallest absolute Gasteiger partial charge is 0.313 e. The molecule has 0 aromatic heterocycles. The third kappa shape index (κ3) is 3.32. The monoisotopic (exact) mass is 226 g/mol. The SMILES string of the molecule is O=C(NCCO)C(=O)Nc1ccccc1F. The molecule has 1 aromatic rings. The van der Waals surface area contributed by atoms with Crippen LogP contribution in [-0.2, 0) is 9.59 Å². The number of carbonyl (C=O) groups is 2. The van der Waals surface area contributed by atoms with Crippen molar-refractivity contribution in [2.45, 2.75) is 0 Å². The van der Waals surface area contributed by atoms with Crippen LogP contribution in [0.25, 0.3) is 0 Å². The molecule has 5 nitrogen and oxygen atoms in total. The van der Waals surface area contributed by atoms with Crippen LogP contribution in [-0.4, -0.2) is 30.1 Å². The van der Waals surface area contributed by atoms with Gasteiger partial charge in [0.05, 0.1) is 12.3 Å². The zero-order chi connectivity index (χ0) is 12.0. The number of rotatable bonds is 3. The minimum atomic E-state index is -0.974. The lowest BCUT2D eigenvalue weighted by atomic mass is 10.3. The molecule has 0 saturated heterocycles. The van der Waals surface area contributed by atoms with Crippen molar-refractivity contribution < 1.29 is 19.1 Å². The Labute approximate surface area is 91.3 Å². The summed E-state index contributed by atoms with van der Waals surface area (Å²) in [5.74, 6) is -2.51. The zero-order valence-electron chi connectivity index (χ0n) is 8.37. The van der Waals surface area contributed by atoms with Crippen molar-refractivity contribution in [2.75, 3.05) is 18.5 Å². The average molecular weight is 226 g/mol. The molecule has 0 radical (unpaired) electrons. The number of aliphatic hydroxyl groups excluding tert-OH is 1. The summed E-state index contributed by atoms with van der Waals surface area (Å²) >= 11 is 0. The standard InChI is InChI=1S/C10H11FN2O3/c11-7-3-1-2-4-8(7)13-10(16)9(15)12-5-6-14/h1-4,14H,5-6H2,(H,12,15)(H,13,16). The first-order chi connectivity index (χ1) is 7.65. The van der Waals surface area contributed by atoms with Gasteiger partial charge in [0.15, 0.2) is 0 Å². The van der Waals surface area contributed by atoms with Crippen molar-refractivity contribution in [3.63, 3.8) is 0 Å². The maximum Gasteiger partial charge on any atom is 0.313 e. The number of amides is 2. The van der Waals surface area contributed by atoms with Gasteiger partial charge in [0.1, 0.15) is 5.82 Å². The first kappa shape index (κ1) is 12.1. The van der Waals surface area contributed by atoms with Gasteiger partial charge in [-0.15, -0.1) is 0 Å². The summed E-state index contributed by atoms with van der Waals surface area (Å²) in [6.45, 7) is -0.289. The van der Waals surface area contributed by atoms with Crippen molar-refractivity contribution in [3.8, 4) is 0 Å². The number of nitrogens with one attached hydrogen (secondary N) is 2. The Balaban J connectivity index is 2.58. The molecule has 0 bridgehead atoms. The molecular weight excluding hydrogens is 215 g/mol. The molecule has 0 aliphatic carbocycles. The van der Waals surface area contributed by atoms with Gasteiger partial charge in [0.25, 0.3) is 0 Å². The van der Waals surface area contributed by atoms with E-state index in [4.69, 9.17) is 5.11 Å². The second-order valence-corrected chi connectivity index (χ2v) is 2.91. The predicted molar refractivity (Wildman–Crippen MR) is 55.1 cm³/mol. The van der Waals surface area contributed by atoms with Crippen LogP contribution >= 0.6 is 0 Å². The number of anilines is 1. The lowest BCUT2D eigenvalue weighted by molar-refractivity contribution is -0.136. The summed E-state index contributed by atoms with van der Waals surface area (Å²) in [5, 5.41) is 12.7. The summed E-state index contributed by atoms with van der Waals surface area (Å²) < 4.78 is 13.1. The first-order valence-electron chi connectivity index (χ1n) is 4.59. The quantitative estimate of drug-likeness (QED) is 0.628. The minimum absolute atomic E-state index is 0.0243. The van der Waals surface area contributed by atoms with E-state index in [1.807, 2.05) is 0 Å². The van der Waals surface area contributed by atoms with Crippen molar-refractivity contribution in [3.05, 3.63) is 30.1 Å². The van der Waals surface area contributed by atoms with Crippen LogP contribution in [0.4, 0.5) is 10.1 Å². The van der Waals surface area contributed by atoms with Gasteiger partial charge < -0.3 is 15.7 Å². The molecule has 16 heavy (non-hydrogen) atoms. The molecule has 86 valence electrons. The zero-order valence-corrected chi connectivity index (χ0v) is 8.37. The van der Waals surface area contributed by atoms with E-state index in [1.165, 1.54) is 24.3 Å². The molecule has 0 aliphatic heterocycles. The number of aliphatic hydroxyl groups is 1. The molecule has 0 unspecified atom stereocenters. The van der Waals surface area contributed by atoms with E-state index < -0.39 is 17.6 Å². The van der Waals surface area contributed by atoms with Crippen molar-refractivity contribution in [1.29, 1.82) is 0 Å². The second-order valence-electron chi connectivity index (χ2n) is 2.91. The fraction of sp³-hybridized carbons (Fsp3) is 0.200. The van der Waals surface area contributed by atoms with Gasteiger partial charge in [-0.25, -0.2) is 4.39 Å². The molecule has 6 heteroatoms. The lowest BCUT2D eigenvalue weighted by Crippen LogP contribution is -2.37. The Kier molecular flexibility index (Phi) is 4.41. The maximum absolute atomic E-state index is 13.1. The topological polar surface area (TPSA) is 78.4 Å². The predicted octanol–water partition coefficient (Wildman–Crippen LogP) is -0.127. The second kappa shape index (κ2) is 5.82. The number of halogens is 1. The van der Waals surface area contributed by atoms with Crippen LogP contribution in [0, 0.1) is 5.82 Å². The number of hydrogen-bond donors (Lipinski definition) is 3. The largest absolute Gasteiger partial charge is 0.395 e. The van der Waals surface area contributed by atoms with E-state index in [9.17, 15) is 14.0 Å². The maximum atomic E-state index is 13.1. The molecule has 1 rings (SSSR count). The van der Waals surface area contributed by atoms with Crippen LogP contribution in [0.5, 0.6) is 0 Å². The van der Waals surface area contributed by atoms with Crippen molar-refractivity contribution in [2.24, 2.45) is 0 Å². The van der Waals surface area contributed by atoms with Gasteiger partial charge in [0, 0.05) is 6.54 Å². The number of benzene rings is 1. The summed E-state index contributed by atoms with van der Waals surface area (Å²) in [6.07, 6.45) is 0. The number of hydrogen-bond acceptors (Lipinski definition) is 3. The van der Waals surface area contributed by atoms with Crippen molar-refractivity contribution >= 4 is 17.5 Å². The Morgan fingerprint density at radius 2 is 1.94 bits per heavy atom. The van der Waals surface area contributed by atoms with Crippen LogP contribution in [0.1, 0.15) is 0 Å². The van der Waals surface area contributed by atoms with Gasteiger partial charge in [-0.3, -0.25) is 9.59 Å². The number of carbonyl (C=O) groups excluding carboxylic acids is 2. The molecule has 0 atom stereocenters. The highest BCUT2D eigenvalue weighted by Crippen LogP contribution is 2.11. The molecule has 3 N–H and O–H groups in total. The van der Waals surface area contributed by atoms with Gasteiger partial charge >= 0.3 is 11.8 Å². The average Bonchev–Trinajstić information content (AvgIpc) is 2.28. The van der Waals surface area contributed by atoms with Crippen LogP contribution in [0.3, 0.4) is 0 Å². The highest BCUT2D eigenvalue weighted by atomic mass is 19.1. The van der Waals surface area contributed by atoms with Gasteiger partial charge in [-0.05, 0) is 12.1 Å². The van der Waals surface area contributed by atoms with E-state index in [0.717, 1.165) is 0 Å². The molecular formula is C10H11FN2O3.